The molecule has 1 unspecified atom stereocenters. The fourth-order valence-electron chi connectivity index (χ4n) is 3.57. The first-order valence-electron chi connectivity index (χ1n) is 9.59. The number of urea groups is 1. The number of hydrogen-bond acceptors (Lipinski definition) is 5. The molecule has 0 spiro atoms. The van der Waals surface area contributed by atoms with Crippen molar-refractivity contribution in [3.8, 4) is 0 Å². The summed E-state index contributed by atoms with van der Waals surface area (Å²) in [4.78, 5) is 29.3. The third-order valence-corrected chi connectivity index (χ3v) is 4.94. The van der Waals surface area contributed by atoms with Gasteiger partial charge in [-0.25, -0.2) is 14.0 Å². The van der Waals surface area contributed by atoms with Crippen molar-refractivity contribution in [2.75, 3.05) is 46.0 Å². The quantitative estimate of drug-likeness (QED) is 0.752. The van der Waals surface area contributed by atoms with Gasteiger partial charge < -0.3 is 14.8 Å². The lowest BCUT2D eigenvalue weighted by atomic mass is 9.93. The molecule has 0 radical (unpaired) electrons. The summed E-state index contributed by atoms with van der Waals surface area (Å²) in [6.07, 6.45) is 0. The smallest absolute Gasteiger partial charge is 0.338 e. The summed E-state index contributed by atoms with van der Waals surface area (Å²) in [6.45, 7) is 7.11. The van der Waals surface area contributed by atoms with E-state index in [0.29, 0.717) is 45.1 Å². The zero-order valence-electron chi connectivity index (χ0n) is 16.2. The zero-order chi connectivity index (χ0) is 20.1. The summed E-state index contributed by atoms with van der Waals surface area (Å²) in [5.74, 6) is -1.03. The van der Waals surface area contributed by atoms with E-state index < -0.39 is 17.8 Å². The summed E-state index contributed by atoms with van der Waals surface area (Å²) >= 11 is 0. The van der Waals surface area contributed by atoms with Gasteiger partial charge in [-0.15, -0.1) is 0 Å². The molecule has 0 aromatic heterocycles. The van der Waals surface area contributed by atoms with E-state index in [1.54, 1.807) is 25.1 Å². The molecular formula is C20H26FN3O4. The van der Waals surface area contributed by atoms with Gasteiger partial charge in [0.15, 0.2) is 0 Å². The van der Waals surface area contributed by atoms with Crippen LogP contribution in [0.15, 0.2) is 35.5 Å². The maximum atomic E-state index is 14.5. The summed E-state index contributed by atoms with van der Waals surface area (Å²) < 4.78 is 25.2. The first-order valence-corrected chi connectivity index (χ1v) is 9.59. The highest BCUT2D eigenvalue weighted by molar-refractivity contribution is 5.95. The van der Waals surface area contributed by atoms with Crippen molar-refractivity contribution in [3.05, 3.63) is 46.9 Å². The number of nitrogens with zero attached hydrogens (tertiary/aromatic N) is 2. The molecule has 7 nitrogen and oxygen atoms in total. The molecule has 0 saturated carbocycles. The molecule has 1 saturated heterocycles. The molecule has 2 aliphatic heterocycles. The molecule has 3 rings (SSSR count). The van der Waals surface area contributed by atoms with E-state index in [0.717, 1.165) is 0 Å². The summed E-state index contributed by atoms with van der Waals surface area (Å²) in [5, 5.41) is 2.78. The van der Waals surface area contributed by atoms with Gasteiger partial charge >= 0.3 is 12.0 Å². The number of ether oxygens (including phenoxy) is 2. The van der Waals surface area contributed by atoms with Gasteiger partial charge in [-0.1, -0.05) is 18.2 Å². The Morgan fingerprint density at radius 3 is 2.64 bits per heavy atom. The topological polar surface area (TPSA) is 71.1 Å². The average molecular weight is 391 g/mol. The number of halogens is 1. The molecule has 1 N–H and O–H groups in total. The lowest BCUT2D eigenvalue weighted by Gasteiger charge is -2.38. The van der Waals surface area contributed by atoms with Crippen LogP contribution >= 0.6 is 0 Å². The maximum Gasteiger partial charge on any atom is 0.338 e. The predicted molar refractivity (Wildman–Crippen MR) is 101 cm³/mol. The molecule has 152 valence electrons. The van der Waals surface area contributed by atoms with E-state index in [1.165, 1.54) is 11.0 Å². The van der Waals surface area contributed by atoms with Gasteiger partial charge in [0.2, 0.25) is 0 Å². The second kappa shape index (κ2) is 9.16. The van der Waals surface area contributed by atoms with Crippen LogP contribution < -0.4 is 5.32 Å². The van der Waals surface area contributed by atoms with Gasteiger partial charge in [0, 0.05) is 37.4 Å². The monoisotopic (exact) mass is 391 g/mol. The summed E-state index contributed by atoms with van der Waals surface area (Å²) in [6, 6.07) is 4.90. The molecule has 0 bridgehead atoms. The van der Waals surface area contributed by atoms with Crippen LogP contribution in [-0.4, -0.2) is 67.8 Å². The number of amides is 2. The minimum absolute atomic E-state index is 0.192. The first-order chi connectivity index (χ1) is 13.6. The van der Waals surface area contributed by atoms with Crippen LogP contribution in [0.4, 0.5) is 9.18 Å². The molecule has 2 heterocycles. The number of esters is 1. The van der Waals surface area contributed by atoms with Crippen LogP contribution in [0.3, 0.4) is 0 Å². The highest BCUT2D eigenvalue weighted by Crippen LogP contribution is 2.33. The Kier molecular flexibility index (Phi) is 6.64. The minimum atomic E-state index is -0.897. The Morgan fingerprint density at radius 2 is 2.00 bits per heavy atom. The maximum absolute atomic E-state index is 14.5. The summed E-state index contributed by atoms with van der Waals surface area (Å²) in [5.41, 5.74) is 1.08. The van der Waals surface area contributed by atoms with Crippen LogP contribution in [0, 0.1) is 5.82 Å². The van der Waals surface area contributed by atoms with Gasteiger partial charge in [-0.2, -0.15) is 0 Å². The van der Waals surface area contributed by atoms with Crippen molar-refractivity contribution in [1.29, 1.82) is 0 Å². The van der Waals surface area contributed by atoms with Crippen LogP contribution in [0.1, 0.15) is 25.5 Å². The number of morpholine rings is 1. The first kappa shape index (κ1) is 20.3. The lowest BCUT2D eigenvalue weighted by molar-refractivity contribution is -0.139. The van der Waals surface area contributed by atoms with E-state index in [1.807, 2.05) is 6.92 Å². The van der Waals surface area contributed by atoms with Crippen LogP contribution in [0.25, 0.3) is 0 Å². The van der Waals surface area contributed by atoms with E-state index in [9.17, 15) is 14.0 Å². The number of nitrogens with one attached hydrogen (secondary N) is 1. The van der Waals surface area contributed by atoms with E-state index in [2.05, 4.69) is 10.2 Å². The fraction of sp³-hybridized carbons (Fsp3) is 0.500. The van der Waals surface area contributed by atoms with Crippen molar-refractivity contribution in [1.82, 2.24) is 15.1 Å². The van der Waals surface area contributed by atoms with Crippen LogP contribution in [0.5, 0.6) is 0 Å². The lowest BCUT2D eigenvalue weighted by Crippen LogP contribution is -2.51. The number of carbonyl (C=O) groups is 2. The minimum Gasteiger partial charge on any atom is -0.463 e. The standard InChI is InChI=1S/C20H26FN3O4/c1-3-24-16(13-23-9-11-27-12-10-23)17(19(25)28-4-2)18(22-20(24)26)14-7-5-6-8-15(14)21/h5-8,18H,3-4,9-13H2,1-2H3,(H,22,26). The average Bonchev–Trinajstić information content (AvgIpc) is 2.69. The van der Waals surface area contributed by atoms with Crippen molar-refractivity contribution in [2.45, 2.75) is 19.9 Å². The number of rotatable bonds is 6. The van der Waals surface area contributed by atoms with E-state index in [-0.39, 0.29) is 23.8 Å². The molecule has 2 amide bonds. The third-order valence-electron chi connectivity index (χ3n) is 4.94. The molecule has 2 aliphatic rings. The van der Waals surface area contributed by atoms with Crippen LogP contribution in [0.2, 0.25) is 0 Å². The third kappa shape index (κ3) is 4.18. The van der Waals surface area contributed by atoms with Crippen molar-refractivity contribution in [3.63, 3.8) is 0 Å². The van der Waals surface area contributed by atoms with Crippen molar-refractivity contribution >= 4 is 12.0 Å². The zero-order valence-corrected chi connectivity index (χ0v) is 16.2. The SMILES string of the molecule is CCOC(=O)C1=C(CN2CCOCC2)N(CC)C(=O)NC1c1ccccc1F. The molecule has 28 heavy (non-hydrogen) atoms. The summed E-state index contributed by atoms with van der Waals surface area (Å²) in [7, 11) is 0. The van der Waals surface area contributed by atoms with E-state index in [4.69, 9.17) is 9.47 Å². The molecular weight excluding hydrogens is 365 g/mol. The largest absolute Gasteiger partial charge is 0.463 e. The van der Waals surface area contributed by atoms with Gasteiger partial charge in [0.05, 0.1) is 31.4 Å². The Balaban J connectivity index is 2.09. The van der Waals surface area contributed by atoms with Gasteiger partial charge in [0.25, 0.3) is 0 Å². The van der Waals surface area contributed by atoms with Gasteiger partial charge in [-0.05, 0) is 19.9 Å². The Morgan fingerprint density at radius 1 is 1.29 bits per heavy atom. The Labute approximate surface area is 164 Å². The molecule has 1 fully saturated rings. The highest BCUT2D eigenvalue weighted by Gasteiger charge is 2.39. The van der Waals surface area contributed by atoms with Crippen molar-refractivity contribution in [2.24, 2.45) is 0 Å². The van der Waals surface area contributed by atoms with Gasteiger partial charge in [0.1, 0.15) is 5.82 Å². The van der Waals surface area contributed by atoms with Crippen LogP contribution in [-0.2, 0) is 14.3 Å². The number of carbonyl (C=O) groups excluding carboxylic acids is 2. The number of likely N-dealkylation sites (N-methyl/N-ethyl adjacent to an activating group) is 1. The van der Waals surface area contributed by atoms with Crippen molar-refractivity contribution < 1.29 is 23.5 Å². The van der Waals surface area contributed by atoms with Gasteiger partial charge in [-0.3, -0.25) is 9.80 Å². The van der Waals surface area contributed by atoms with E-state index >= 15 is 0 Å². The Bertz CT molecular complexity index is 762. The molecule has 1 atom stereocenters. The fourth-order valence-corrected chi connectivity index (χ4v) is 3.57. The number of benzene rings is 1. The molecule has 8 heteroatoms. The molecule has 0 aliphatic carbocycles. The Hall–Kier alpha value is -2.45. The second-order valence-electron chi connectivity index (χ2n) is 6.62. The predicted octanol–water partition coefficient (Wildman–Crippen LogP) is 2.06. The second-order valence-corrected chi connectivity index (χ2v) is 6.62. The normalized spacial score (nSPS) is 20.9. The molecule has 1 aromatic carbocycles. The number of hydrogen-bond donors (Lipinski definition) is 1. The highest BCUT2D eigenvalue weighted by atomic mass is 19.1. The molecule has 1 aromatic rings.